The van der Waals surface area contributed by atoms with Crippen LogP contribution < -0.4 is 0 Å². The summed E-state index contributed by atoms with van der Waals surface area (Å²) < 4.78 is 63.9. The lowest BCUT2D eigenvalue weighted by atomic mass is 10.2. The summed E-state index contributed by atoms with van der Waals surface area (Å²) in [6.45, 7) is 5.54. The molecule has 0 amide bonds. The predicted molar refractivity (Wildman–Crippen MR) is 113 cm³/mol. The predicted octanol–water partition coefficient (Wildman–Crippen LogP) is 2.88. The second-order valence-corrected chi connectivity index (χ2v) is 11.0. The zero-order valence-corrected chi connectivity index (χ0v) is 18.9. The van der Waals surface area contributed by atoms with E-state index in [4.69, 9.17) is 8.92 Å². The summed E-state index contributed by atoms with van der Waals surface area (Å²) in [5, 5.41) is 0. The molecule has 9 heteroatoms. The van der Waals surface area contributed by atoms with Gasteiger partial charge in [-0.1, -0.05) is 42.3 Å². The molecular formula is C21H27NO6S2. The van der Waals surface area contributed by atoms with Gasteiger partial charge < -0.3 is 4.74 Å². The van der Waals surface area contributed by atoms with Crippen LogP contribution >= 0.6 is 0 Å². The van der Waals surface area contributed by atoms with Gasteiger partial charge >= 0.3 is 0 Å². The average Bonchev–Trinajstić information content (AvgIpc) is 2.73. The van der Waals surface area contributed by atoms with E-state index >= 15 is 0 Å². The second kappa shape index (κ2) is 9.15. The molecule has 1 aliphatic rings. The Balaban J connectivity index is 1.83. The van der Waals surface area contributed by atoms with Crippen molar-refractivity contribution < 1.29 is 25.8 Å². The van der Waals surface area contributed by atoms with Gasteiger partial charge in [0, 0.05) is 6.54 Å². The van der Waals surface area contributed by atoms with E-state index in [0.717, 1.165) is 11.1 Å². The molecule has 0 aromatic heterocycles. The van der Waals surface area contributed by atoms with Crippen molar-refractivity contribution in [1.82, 2.24) is 4.31 Å². The summed E-state index contributed by atoms with van der Waals surface area (Å²) >= 11 is 0. The molecule has 1 saturated heterocycles. The number of hydrogen-bond acceptors (Lipinski definition) is 6. The summed E-state index contributed by atoms with van der Waals surface area (Å²) in [4.78, 5) is 0.195. The number of morpholine rings is 1. The minimum Gasteiger partial charge on any atom is -0.375 e. The fourth-order valence-corrected chi connectivity index (χ4v) is 5.76. The number of aryl methyl sites for hydroxylation is 2. The van der Waals surface area contributed by atoms with Crippen LogP contribution in [0.3, 0.4) is 0 Å². The van der Waals surface area contributed by atoms with E-state index < -0.39 is 26.2 Å². The van der Waals surface area contributed by atoms with Gasteiger partial charge in [-0.05, 0) is 44.5 Å². The van der Waals surface area contributed by atoms with Crippen molar-refractivity contribution in [2.24, 2.45) is 0 Å². The van der Waals surface area contributed by atoms with Crippen LogP contribution in [0.4, 0.5) is 0 Å². The lowest BCUT2D eigenvalue weighted by Crippen LogP contribution is -2.54. The summed E-state index contributed by atoms with van der Waals surface area (Å²) in [5.41, 5.74) is 1.88. The third kappa shape index (κ3) is 5.09. The Kier molecular flexibility index (Phi) is 6.98. The number of rotatable bonds is 7. The molecule has 0 spiro atoms. The van der Waals surface area contributed by atoms with Gasteiger partial charge in [-0.3, -0.25) is 4.18 Å². The molecule has 2 aromatic rings. The maximum atomic E-state index is 13.3. The first-order chi connectivity index (χ1) is 14.1. The molecule has 0 bridgehead atoms. The maximum absolute atomic E-state index is 13.3. The normalized spacial score (nSPS) is 20.9. The van der Waals surface area contributed by atoms with Gasteiger partial charge in [0.25, 0.3) is 10.1 Å². The number of sulfonamides is 1. The smallest absolute Gasteiger partial charge is 0.297 e. The first-order valence-corrected chi connectivity index (χ1v) is 12.6. The van der Waals surface area contributed by atoms with Crippen LogP contribution in [-0.4, -0.2) is 53.0 Å². The summed E-state index contributed by atoms with van der Waals surface area (Å²) in [7, 11) is -7.84. The van der Waals surface area contributed by atoms with Gasteiger partial charge in [-0.15, -0.1) is 0 Å². The highest BCUT2D eigenvalue weighted by atomic mass is 32.2. The van der Waals surface area contributed by atoms with Crippen LogP contribution in [0, 0.1) is 13.8 Å². The van der Waals surface area contributed by atoms with Gasteiger partial charge in [0.2, 0.25) is 10.0 Å². The largest absolute Gasteiger partial charge is 0.375 e. The molecule has 30 heavy (non-hydrogen) atoms. The van der Waals surface area contributed by atoms with Crippen molar-refractivity contribution in [3.8, 4) is 0 Å². The number of benzene rings is 2. The maximum Gasteiger partial charge on any atom is 0.297 e. The zero-order valence-electron chi connectivity index (χ0n) is 17.3. The van der Waals surface area contributed by atoms with Crippen molar-refractivity contribution in [2.45, 2.75) is 49.1 Å². The lowest BCUT2D eigenvalue weighted by molar-refractivity contribution is -0.0431. The molecule has 1 aliphatic heterocycles. The van der Waals surface area contributed by atoms with E-state index in [1.54, 1.807) is 36.4 Å². The summed E-state index contributed by atoms with van der Waals surface area (Å²) in [5.74, 6) is 0. The molecule has 0 unspecified atom stereocenters. The lowest BCUT2D eigenvalue weighted by Gasteiger charge is -2.38. The van der Waals surface area contributed by atoms with Crippen molar-refractivity contribution >= 4 is 20.1 Å². The monoisotopic (exact) mass is 453 g/mol. The molecule has 0 aliphatic carbocycles. The molecule has 0 N–H and O–H groups in total. The van der Waals surface area contributed by atoms with Crippen LogP contribution in [-0.2, 0) is 29.1 Å². The van der Waals surface area contributed by atoms with Crippen LogP contribution in [0.25, 0.3) is 0 Å². The molecular weight excluding hydrogens is 426 g/mol. The Morgan fingerprint density at radius 3 is 2.00 bits per heavy atom. The van der Waals surface area contributed by atoms with E-state index in [1.165, 1.54) is 16.4 Å². The van der Waals surface area contributed by atoms with Crippen molar-refractivity contribution in [1.29, 1.82) is 0 Å². The zero-order chi connectivity index (χ0) is 21.9. The first-order valence-electron chi connectivity index (χ1n) is 9.79. The van der Waals surface area contributed by atoms with E-state index in [0.29, 0.717) is 6.42 Å². The topological polar surface area (TPSA) is 90.0 Å². The Morgan fingerprint density at radius 2 is 1.47 bits per heavy atom. The van der Waals surface area contributed by atoms with Crippen LogP contribution in [0.15, 0.2) is 58.3 Å². The minimum atomic E-state index is -4.01. The molecule has 1 heterocycles. The summed E-state index contributed by atoms with van der Waals surface area (Å²) in [6, 6.07) is 12.1. The van der Waals surface area contributed by atoms with Gasteiger partial charge in [0.1, 0.15) is 0 Å². The minimum absolute atomic E-state index is 0.0317. The fraction of sp³-hybridized carbons (Fsp3) is 0.429. The number of nitrogens with zero attached hydrogens (tertiary/aromatic N) is 1. The van der Waals surface area contributed by atoms with E-state index in [9.17, 15) is 16.8 Å². The van der Waals surface area contributed by atoms with Crippen molar-refractivity contribution in [3.05, 3.63) is 59.7 Å². The molecule has 164 valence electrons. The van der Waals surface area contributed by atoms with Gasteiger partial charge in [-0.2, -0.15) is 12.7 Å². The molecule has 3 rings (SSSR count). The molecule has 2 atom stereocenters. The number of hydrogen-bond donors (Lipinski definition) is 0. The van der Waals surface area contributed by atoms with Crippen LogP contribution in [0.5, 0.6) is 0 Å². The van der Waals surface area contributed by atoms with Gasteiger partial charge in [0.15, 0.2) is 0 Å². The molecule has 1 fully saturated rings. The molecule has 2 aromatic carbocycles. The fourth-order valence-electron chi connectivity index (χ4n) is 3.19. The Bertz CT molecular complexity index is 1060. The SMILES string of the molecule is CC[C@@H]1CN(S(=O)(=O)c2ccc(C)cc2)[C@H](COS(=O)(=O)c2ccc(C)cc2)CO1. The van der Waals surface area contributed by atoms with E-state index in [2.05, 4.69) is 0 Å². The number of ether oxygens (including phenoxy) is 1. The van der Waals surface area contributed by atoms with E-state index in [1.807, 2.05) is 20.8 Å². The van der Waals surface area contributed by atoms with Gasteiger partial charge in [0.05, 0.1) is 35.2 Å². The average molecular weight is 454 g/mol. The molecule has 7 nitrogen and oxygen atoms in total. The Hall–Kier alpha value is -1.78. The first kappa shape index (κ1) is 22.9. The molecule has 0 radical (unpaired) electrons. The van der Waals surface area contributed by atoms with Gasteiger partial charge in [-0.25, -0.2) is 8.42 Å². The third-order valence-corrected chi connectivity index (χ3v) is 8.35. The van der Waals surface area contributed by atoms with Crippen LogP contribution in [0.2, 0.25) is 0 Å². The van der Waals surface area contributed by atoms with Crippen molar-refractivity contribution in [3.63, 3.8) is 0 Å². The Morgan fingerprint density at radius 1 is 0.933 bits per heavy atom. The molecule has 0 saturated carbocycles. The highest BCUT2D eigenvalue weighted by molar-refractivity contribution is 7.89. The highest BCUT2D eigenvalue weighted by Crippen LogP contribution is 2.25. The standard InChI is InChI=1S/C21H27NO6S2/c1-4-19-13-22(29(23,24)20-9-5-16(2)6-10-20)18(14-27-19)15-28-30(25,26)21-11-7-17(3)8-12-21/h5-12,18-19H,4,13-15H2,1-3H3/t18-,19+/m0/s1. The third-order valence-electron chi connectivity index (χ3n) is 5.12. The van der Waals surface area contributed by atoms with Crippen molar-refractivity contribution in [2.75, 3.05) is 19.8 Å². The van der Waals surface area contributed by atoms with E-state index in [-0.39, 0.29) is 35.7 Å². The highest BCUT2D eigenvalue weighted by Gasteiger charge is 2.38. The Labute approximate surface area is 178 Å². The quantitative estimate of drug-likeness (QED) is 0.599. The summed E-state index contributed by atoms with van der Waals surface area (Å²) in [6.07, 6.45) is 0.394. The second-order valence-electron chi connectivity index (χ2n) is 7.46. The van der Waals surface area contributed by atoms with Crippen LogP contribution in [0.1, 0.15) is 24.5 Å².